The molecule has 0 fully saturated rings. The lowest BCUT2D eigenvalue weighted by atomic mass is 10.2. The Balaban J connectivity index is 1.72. The predicted molar refractivity (Wildman–Crippen MR) is 89.4 cm³/mol. The van der Waals surface area contributed by atoms with Crippen molar-refractivity contribution >= 4 is 28.6 Å². The second-order valence-corrected chi connectivity index (χ2v) is 6.51. The van der Waals surface area contributed by atoms with Gasteiger partial charge in [0.1, 0.15) is 0 Å². The van der Waals surface area contributed by atoms with Crippen LogP contribution in [0.2, 0.25) is 0 Å². The molecular formula is C16H18N2OS2. The third-order valence-corrected chi connectivity index (χ3v) is 4.78. The van der Waals surface area contributed by atoms with Crippen LogP contribution in [0.15, 0.2) is 29.0 Å². The molecule has 0 unspecified atom stereocenters. The molecule has 0 radical (unpaired) electrons. The molecule has 0 aliphatic carbocycles. The molecule has 0 aromatic carbocycles. The first kappa shape index (κ1) is 15.8. The van der Waals surface area contributed by atoms with Crippen molar-refractivity contribution in [2.24, 2.45) is 5.73 Å². The highest BCUT2D eigenvalue weighted by Gasteiger charge is 2.05. The summed E-state index contributed by atoms with van der Waals surface area (Å²) in [5.74, 6) is 5.96. The third kappa shape index (κ3) is 5.35. The highest BCUT2D eigenvalue weighted by molar-refractivity contribution is 7.10. The molecule has 2 aromatic rings. The molecule has 1 amide bonds. The standard InChI is InChI=1S/C16H18N2OS2/c17-9-2-4-13-8-11-21-15(13)12-18-16(19)7-1-5-14-6-3-10-20-14/h3,6,8,10-11H,1,5,7,9,12,17H2,(H,18,19). The Bertz CT molecular complexity index is 620. The second kappa shape index (κ2) is 8.63. The van der Waals surface area contributed by atoms with E-state index in [2.05, 4.69) is 28.6 Å². The van der Waals surface area contributed by atoms with Crippen LogP contribution in [0.3, 0.4) is 0 Å². The highest BCUT2D eigenvalue weighted by Crippen LogP contribution is 2.16. The molecule has 0 bridgehead atoms. The van der Waals surface area contributed by atoms with Gasteiger partial charge in [0.15, 0.2) is 0 Å². The summed E-state index contributed by atoms with van der Waals surface area (Å²) in [6, 6.07) is 6.11. The van der Waals surface area contributed by atoms with E-state index in [-0.39, 0.29) is 5.91 Å². The van der Waals surface area contributed by atoms with Gasteiger partial charge in [0.05, 0.1) is 13.1 Å². The molecule has 2 heterocycles. The fraction of sp³-hybridized carbons (Fsp3) is 0.312. The lowest BCUT2D eigenvalue weighted by Gasteiger charge is -2.04. The normalized spacial score (nSPS) is 9.95. The first-order valence-electron chi connectivity index (χ1n) is 6.84. The molecule has 0 atom stereocenters. The number of rotatable bonds is 6. The summed E-state index contributed by atoms with van der Waals surface area (Å²) in [7, 11) is 0. The quantitative estimate of drug-likeness (QED) is 0.805. The van der Waals surface area contributed by atoms with Gasteiger partial charge in [-0.2, -0.15) is 0 Å². The van der Waals surface area contributed by atoms with Gasteiger partial charge in [-0.25, -0.2) is 0 Å². The fourth-order valence-electron chi connectivity index (χ4n) is 1.88. The molecule has 3 nitrogen and oxygen atoms in total. The maximum absolute atomic E-state index is 11.8. The van der Waals surface area contributed by atoms with E-state index >= 15 is 0 Å². The van der Waals surface area contributed by atoms with E-state index in [1.807, 2.05) is 17.5 Å². The van der Waals surface area contributed by atoms with Gasteiger partial charge in [0.25, 0.3) is 0 Å². The number of aryl methyl sites for hydroxylation is 1. The lowest BCUT2D eigenvalue weighted by Crippen LogP contribution is -2.22. The van der Waals surface area contributed by atoms with Gasteiger partial charge >= 0.3 is 0 Å². The largest absolute Gasteiger partial charge is 0.351 e. The number of carbonyl (C=O) groups is 1. The van der Waals surface area contributed by atoms with Gasteiger partial charge in [-0.3, -0.25) is 4.79 Å². The van der Waals surface area contributed by atoms with Gasteiger partial charge < -0.3 is 11.1 Å². The summed E-state index contributed by atoms with van der Waals surface area (Å²) >= 11 is 3.35. The van der Waals surface area contributed by atoms with E-state index in [1.165, 1.54) is 4.88 Å². The number of nitrogens with two attached hydrogens (primary N) is 1. The molecule has 2 rings (SSSR count). The van der Waals surface area contributed by atoms with Crippen LogP contribution in [0.5, 0.6) is 0 Å². The van der Waals surface area contributed by atoms with E-state index in [4.69, 9.17) is 5.73 Å². The Kier molecular flexibility index (Phi) is 6.48. The minimum atomic E-state index is 0.0951. The van der Waals surface area contributed by atoms with Crippen LogP contribution in [0.4, 0.5) is 0 Å². The van der Waals surface area contributed by atoms with Crippen molar-refractivity contribution in [3.05, 3.63) is 44.3 Å². The molecular weight excluding hydrogens is 300 g/mol. The van der Waals surface area contributed by atoms with Crippen molar-refractivity contribution in [2.75, 3.05) is 6.54 Å². The summed E-state index contributed by atoms with van der Waals surface area (Å²) in [4.78, 5) is 14.3. The molecule has 21 heavy (non-hydrogen) atoms. The molecule has 0 spiro atoms. The maximum atomic E-state index is 11.8. The Morgan fingerprint density at radius 1 is 1.29 bits per heavy atom. The average Bonchev–Trinajstić information content (AvgIpc) is 3.14. The number of nitrogens with one attached hydrogen (secondary N) is 1. The minimum absolute atomic E-state index is 0.0951. The van der Waals surface area contributed by atoms with Crippen LogP contribution < -0.4 is 11.1 Å². The van der Waals surface area contributed by atoms with E-state index in [9.17, 15) is 4.79 Å². The SMILES string of the molecule is NCC#Cc1ccsc1CNC(=O)CCCc1cccs1. The van der Waals surface area contributed by atoms with Crippen molar-refractivity contribution in [1.82, 2.24) is 5.32 Å². The smallest absolute Gasteiger partial charge is 0.220 e. The Morgan fingerprint density at radius 2 is 2.19 bits per heavy atom. The van der Waals surface area contributed by atoms with Gasteiger partial charge in [-0.05, 0) is 35.7 Å². The summed E-state index contributed by atoms with van der Waals surface area (Å²) in [6.45, 7) is 0.897. The average molecular weight is 318 g/mol. The van der Waals surface area contributed by atoms with Crippen LogP contribution in [-0.4, -0.2) is 12.5 Å². The van der Waals surface area contributed by atoms with E-state index < -0.39 is 0 Å². The monoisotopic (exact) mass is 318 g/mol. The number of hydrogen-bond acceptors (Lipinski definition) is 4. The summed E-state index contributed by atoms with van der Waals surface area (Å²) in [6.07, 6.45) is 2.42. The van der Waals surface area contributed by atoms with Gasteiger partial charge in [0.2, 0.25) is 5.91 Å². The zero-order chi connectivity index (χ0) is 14.9. The van der Waals surface area contributed by atoms with Crippen LogP contribution in [0.25, 0.3) is 0 Å². The van der Waals surface area contributed by atoms with Crippen molar-refractivity contribution in [3.63, 3.8) is 0 Å². The van der Waals surface area contributed by atoms with Gasteiger partial charge in [0, 0.05) is 21.7 Å². The molecule has 2 aromatic heterocycles. The Hall–Kier alpha value is -1.61. The molecule has 0 saturated heterocycles. The summed E-state index contributed by atoms with van der Waals surface area (Å²) < 4.78 is 0. The number of thiophene rings is 2. The first-order chi connectivity index (χ1) is 10.3. The summed E-state index contributed by atoms with van der Waals surface area (Å²) in [5.41, 5.74) is 6.34. The molecule has 5 heteroatoms. The number of carbonyl (C=O) groups excluding carboxylic acids is 1. The third-order valence-electron chi connectivity index (χ3n) is 2.92. The number of hydrogen-bond donors (Lipinski definition) is 2. The maximum Gasteiger partial charge on any atom is 0.220 e. The van der Waals surface area contributed by atoms with Crippen molar-refractivity contribution in [1.29, 1.82) is 0 Å². The Labute approximate surface area is 133 Å². The zero-order valence-corrected chi connectivity index (χ0v) is 13.4. The molecule has 3 N–H and O–H groups in total. The van der Waals surface area contributed by atoms with Crippen LogP contribution >= 0.6 is 22.7 Å². The minimum Gasteiger partial charge on any atom is -0.351 e. The second-order valence-electron chi connectivity index (χ2n) is 4.47. The van der Waals surface area contributed by atoms with E-state index in [0.29, 0.717) is 19.5 Å². The van der Waals surface area contributed by atoms with Gasteiger partial charge in [-0.1, -0.05) is 17.9 Å². The van der Waals surface area contributed by atoms with Crippen LogP contribution in [-0.2, 0) is 17.8 Å². The van der Waals surface area contributed by atoms with Crippen LogP contribution in [0.1, 0.15) is 28.2 Å². The molecule has 0 aliphatic heterocycles. The first-order valence-corrected chi connectivity index (χ1v) is 8.60. The topological polar surface area (TPSA) is 55.1 Å². The molecule has 110 valence electrons. The van der Waals surface area contributed by atoms with E-state index in [0.717, 1.165) is 23.3 Å². The van der Waals surface area contributed by atoms with Crippen LogP contribution in [0, 0.1) is 11.8 Å². The van der Waals surface area contributed by atoms with E-state index in [1.54, 1.807) is 22.7 Å². The molecule has 0 saturated carbocycles. The Morgan fingerprint density at radius 3 is 2.95 bits per heavy atom. The lowest BCUT2D eigenvalue weighted by molar-refractivity contribution is -0.121. The van der Waals surface area contributed by atoms with Gasteiger partial charge in [-0.15, -0.1) is 22.7 Å². The number of amides is 1. The predicted octanol–water partition coefficient (Wildman–Crippen LogP) is 2.76. The fourth-order valence-corrected chi connectivity index (χ4v) is 3.40. The summed E-state index contributed by atoms with van der Waals surface area (Å²) in [5, 5.41) is 7.01. The van der Waals surface area contributed by atoms with Crippen molar-refractivity contribution < 1.29 is 4.79 Å². The molecule has 0 aliphatic rings. The van der Waals surface area contributed by atoms with Crippen molar-refractivity contribution in [3.8, 4) is 11.8 Å². The zero-order valence-electron chi connectivity index (χ0n) is 11.7. The van der Waals surface area contributed by atoms with Crippen molar-refractivity contribution in [2.45, 2.75) is 25.8 Å². The highest BCUT2D eigenvalue weighted by atomic mass is 32.1.